The number of aryl methyl sites for hydroxylation is 1. The number of halogens is 4. The number of para-hydroxylation sites is 1. The number of hydrogen-bond acceptors (Lipinski definition) is 8. The molecule has 276 valence electrons. The minimum atomic E-state index is -4.57. The third kappa shape index (κ3) is 7.12. The van der Waals surface area contributed by atoms with Crippen LogP contribution in [0.25, 0.3) is 27.6 Å². The van der Waals surface area contributed by atoms with E-state index in [-0.39, 0.29) is 73.7 Å². The molecule has 0 bridgehead atoms. The largest absolute Gasteiger partial charge is 0.496 e. The lowest BCUT2D eigenvalue weighted by molar-refractivity contribution is -0.138. The fourth-order valence-corrected chi connectivity index (χ4v) is 6.84. The van der Waals surface area contributed by atoms with Crippen molar-refractivity contribution in [2.24, 2.45) is 0 Å². The van der Waals surface area contributed by atoms with E-state index < -0.39 is 17.6 Å². The number of carbonyl (C=O) groups excluding carboxylic acids is 2. The summed E-state index contributed by atoms with van der Waals surface area (Å²) in [5, 5.41) is 8.18. The Morgan fingerprint density at radius 3 is 2.42 bits per heavy atom. The fraction of sp³-hybridized carbons (Fsp3) is 0.324. The number of piperazine rings is 1. The van der Waals surface area contributed by atoms with Gasteiger partial charge in [-0.05, 0) is 41.8 Å². The number of aromatic amines is 1. The van der Waals surface area contributed by atoms with Crippen LogP contribution in [0.1, 0.15) is 34.5 Å². The molecule has 0 radical (unpaired) electrons. The maximum absolute atomic E-state index is 16.7. The van der Waals surface area contributed by atoms with Gasteiger partial charge in [-0.3, -0.25) is 14.3 Å². The van der Waals surface area contributed by atoms with E-state index >= 15 is 4.39 Å². The van der Waals surface area contributed by atoms with Gasteiger partial charge in [0.25, 0.3) is 5.91 Å². The van der Waals surface area contributed by atoms with Crippen LogP contribution in [0.4, 0.5) is 23.4 Å². The van der Waals surface area contributed by atoms with Gasteiger partial charge in [-0.25, -0.2) is 9.37 Å². The Morgan fingerprint density at radius 1 is 0.925 bits per heavy atom. The molecule has 7 rings (SSSR count). The molecule has 1 N–H and O–H groups in total. The van der Waals surface area contributed by atoms with Crippen molar-refractivity contribution in [1.82, 2.24) is 34.8 Å². The van der Waals surface area contributed by atoms with E-state index in [1.165, 1.54) is 7.11 Å². The maximum atomic E-state index is 16.7. The number of H-pyrrole nitrogens is 1. The Balaban J connectivity index is 1.16. The lowest BCUT2D eigenvalue weighted by atomic mass is 9.93. The number of ether oxygens (including phenoxy) is 2. The molecular weight excluding hydrogens is 696 g/mol. The lowest BCUT2D eigenvalue weighted by Gasteiger charge is -2.35. The van der Waals surface area contributed by atoms with E-state index in [0.29, 0.717) is 52.9 Å². The Labute approximate surface area is 301 Å². The van der Waals surface area contributed by atoms with E-state index in [9.17, 15) is 22.8 Å². The number of nitrogens with one attached hydrogen (secondary N) is 1. The topological polar surface area (TPSA) is 122 Å². The monoisotopic (exact) mass is 732 g/mol. The van der Waals surface area contributed by atoms with Crippen molar-refractivity contribution in [3.63, 3.8) is 0 Å². The van der Waals surface area contributed by atoms with Gasteiger partial charge in [-0.15, -0.1) is 5.10 Å². The van der Waals surface area contributed by atoms with Crippen LogP contribution in [0, 0.1) is 5.82 Å². The summed E-state index contributed by atoms with van der Waals surface area (Å²) >= 11 is 0. The number of alkyl halides is 3. The molecule has 3 aromatic heterocycles. The standard InChI is InChI=1S/C37H36F4N8O4/c1-52-30-8-4-3-7-25(30)27-19-26(23-6-5-11-48(22-23)32(50)9-12-49-13-10-43-45-49)33(38)34-28(27)20-29(44-34)36(51)47-16-14-46(15-17-47)35-31(53-2)18-24(21-42-35)37(39,40)41/h3-4,6-8,10,13,18-21,44H,5,9,11-12,14-17,22H2,1-2H3. The Hall–Kier alpha value is -5.93. The zero-order valence-corrected chi connectivity index (χ0v) is 29.0. The quantitative estimate of drug-likeness (QED) is 0.193. The third-order valence-electron chi connectivity index (χ3n) is 9.60. The molecule has 1 fully saturated rings. The Morgan fingerprint density at radius 2 is 1.70 bits per heavy atom. The molecular formula is C37H36F4N8O4. The molecule has 0 aliphatic carbocycles. The fourth-order valence-electron chi connectivity index (χ4n) is 6.84. The number of anilines is 1. The van der Waals surface area contributed by atoms with Gasteiger partial charge in [0.05, 0.1) is 38.0 Å². The molecule has 5 aromatic rings. The molecule has 2 amide bonds. The van der Waals surface area contributed by atoms with E-state index in [0.717, 1.165) is 12.3 Å². The molecule has 0 atom stereocenters. The second kappa shape index (κ2) is 14.6. The lowest BCUT2D eigenvalue weighted by Crippen LogP contribution is -2.49. The highest BCUT2D eigenvalue weighted by atomic mass is 19.4. The molecule has 2 aliphatic rings. The average molecular weight is 733 g/mol. The smallest absolute Gasteiger partial charge is 0.418 e. The van der Waals surface area contributed by atoms with Crippen molar-refractivity contribution in [3.8, 4) is 22.6 Å². The first-order chi connectivity index (χ1) is 25.5. The van der Waals surface area contributed by atoms with Crippen LogP contribution >= 0.6 is 0 Å². The van der Waals surface area contributed by atoms with Crippen molar-refractivity contribution in [2.45, 2.75) is 25.6 Å². The van der Waals surface area contributed by atoms with Crippen LogP contribution < -0.4 is 14.4 Å². The highest BCUT2D eigenvalue weighted by molar-refractivity contribution is 6.05. The number of benzene rings is 2. The van der Waals surface area contributed by atoms with Crippen molar-refractivity contribution in [2.75, 3.05) is 58.4 Å². The summed E-state index contributed by atoms with van der Waals surface area (Å²) in [6.07, 6.45) is 2.13. The van der Waals surface area contributed by atoms with E-state index in [1.54, 1.807) is 57.1 Å². The van der Waals surface area contributed by atoms with Crippen LogP contribution in [0.15, 0.2) is 67.1 Å². The van der Waals surface area contributed by atoms with Gasteiger partial charge in [-0.1, -0.05) is 29.5 Å². The Kier molecular flexibility index (Phi) is 9.77. The van der Waals surface area contributed by atoms with Crippen LogP contribution in [-0.2, 0) is 17.5 Å². The van der Waals surface area contributed by atoms with Gasteiger partial charge >= 0.3 is 6.18 Å². The van der Waals surface area contributed by atoms with E-state index in [4.69, 9.17) is 9.47 Å². The zero-order chi connectivity index (χ0) is 37.3. The number of amides is 2. The summed E-state index contributed by atoms with van der Waals surface area (Å²) in [6, 6.07) is 11.6. The van der Waals surface area contributed by atoms with Crippen LogP contribution in [0.3, 0.4) is 0 Å². The zero-order valence-electron chi connectivity index (χ0n) is 29.0. The number of pyridine rings is 1. The second-order valence-corrected chi connectivity index (χ2v) is 12.7. The summed E-state index contributed by atoms with van der Waals surface area (Å²) in [6.45, 7) is 2.13. The number of aromatic nitrogens is 5. The number of methoxy groups -OCH3 is 2. The number of fused-ring (bicyclic) bond motifs is 1. The predicted molar refractivity (Wildman–Crippen MR) is 188 cm³/mol. The summed E-state index contributed by atoms with van der Waals surface area (Å²) < 4.78 is 68.9. The number of rotatable bonds is 9. The maximum Gasteiger partial charge on any atom is 0.418 e. The van der Waals surface area contributed by atoms with Gasteiger partial charge in [0.15, 0.2) is 17.4 Å². The number of carbonyl (C=O) groups is 2. The highest BCUT2D eigenvalue weighted by Gasteiger charge is 2.34. The van der Waals surface area contributed by atoms with Crippen molar-refractivity contribution in [1.29, 1.82) is 0 Å². The summed E-state index contributed by atoms with van der Waals surface area (Å²) in [7, 11) is 2.83. The first-order valence-electron chi connectivity index (χ1n) is 17.0. The molecule has 0 saturated carbocycles. The average Bonchev–Trinajstić information content (AvgIpc) is 3.88. The normalized spacial score (nSPS) is 15.1. The van der Waals surface area contributed by atoms with Crippen molar-refractivity contribution < 1.29 is 36.6 Å². The molecule has 12 nitrogen and oxygen atoms in total. The van der Waals surface area contributed by atoms with Gasteiger partial charge < -0.3 is 29.2 Å². The van der Waals surface area contributed by atoms with E-state index in [2.05, 4.69) is 20.3 Å². The SMILES string of the molecule is COc1ccccc1-c1cc(C2=CCCN(C(=O)CCn3ccnn3)C2)c(F)c2[nH]c(C(=O)N3CCN(c4ncc(C(F)(F)F)cc4OC)CC3)cc12. The third-order valence-corrected chi connectivity index (χ3v) is 9.60. The summed E-state index contributed by atoms with van der Waals surface area (Å²) in [5.74, 6) is -0.198. The van der Waals surface area contributed by atoms with Crippen molar-refractivity contribution >= 4 is 34.1 Å². The molecule has 5 heterocycles. The Bertz CT molecular complexity index is 2180. The van der Waals surface area contributed by atoms with Gasteiger partial charge in [0.2, 0.25) is 5.91 Å². The first-order valence-corrected chi connectivity index (χ1v) is 17.0. The van der Waals surface area contributed by atoms with Crippen LogP contribution in [-0.4, -0.2) is 100 Å². The second-order valence-electron chi connectivity index (χ2n) is 12.7. The van der Waals surface area contributed by atoms with Crippen LogP contribution in [0.2, 0.25) is 0 Å². The molecule has 1 saturated heterocycles. The van der Waals surface area contributed by atoms with Crippen molar-refractivity contribution in [3.05, 3.63) is 89.8 Å². The molecule has 53 heavy (non-hydrogen) atoms. The first kappa shape index (κ1) is 35.5. The summed E-state index contributed by atoms with van der Waals surface area (Å²) in [4.78, 5) is 39.3. The molecule has 2 aliphatic heterocycles. The molecule has 0 unspecified atom stereocenters. The highest BCUT2D eigenvalue weighted by Crippen LogP contribution is 2.40. The number of hydrogen-bond donors (Lipinski definition) is 1. The van der Waals surface area contributed by atoms with Gasteiger partial charge in [0, 0.05) is 74.6 Å². The molecule has 16 heteroatoms. The molecule has 2 aromatic carbocycles. The van der Waals surface area contributed by atoms with Gasteiger partial charge in [0.1, 0.15) is 11.4 Å². The predicted octanol–water partition coefficient (Wildman–Crippen LogP) is 5.66. The summed E-state index contributed by atoms with van der Waals surface area (Å²) in [5.41, 5.74) is 1.69. The van der Waals surface area contributed by atoms with E-state index in [1.807, 2.05) is 24.3 Å². The van der Waals surface area contributed by atoms with Gasteiger partial charge in [-0.2, -0.15) is 13.2 Å². The minimum absolute atomic E-state index is 0.0160. The van der Waals surface area contributed by atoms with Crippen LogP contribution in [0.5, 0.6) is 11.5 Å². The molecule has 0 spiro atoms. The number of nitrogens with zero attached hydrogens (tertiary/aromatic N) is 7. The minimum Gasteiger partial charge on any atom is -0.496 e.